The number of aromatic carboxylic acids is 1. The van der Waals surface area contributed by atoms with Crippen LogP contribution in [0.1, 0.15) is 16.1 Å². The Bertz CT molecular complexity index is 660. The molecule has 0 saturated heterocycles. The maximum Gasteiger partial charge on any atom is 0.335 e. The van der Waals surface area contributed by atoms with Crippen LogP contribution in [0.4, 0.5) is 0 Å². The number of benzene rings is 1. The van der Waals surface area contributed by atoms with Crippen LogP contribution in [0.2, 0.25) is 5.02 Å². The van der Waals surface area contributed by atoms with Gasteiger partial charge in [-0.15, -0.1) is 12.4 Å². The molecule has 0 atom stereocenters. The standard InChI is InChI=1S/C16H18ClNO5.ClH/c17-14-3-1-11(16(20)21)9-13(14)15-4-2-12(23-15)10-18-5-7-22-8-6-19;/h1-4,9,18-19H,5-8,10H2,(H,20,21);1H. The summed E-state index contributed by atoms with van der Waals surface area (Å²) in [4.78, 5) is 11.0. The molecule has 3 N–H and O–H groups in total. The topological polar surface area (TPSA) is 91.9 Å². The third-order valence-corrected chi connectivity index (χ3v) is 3.43. The summed E-state index contributed by atoms with van der Waals surface area (Å²) >= 11 is 6.11. The second-order valence-electron chi connectivity index (χ2n) is 4.78. The first kappa shape index (κ1) is 20.5. The van der Waals surface area contributed by atoms with Crippen molar-refractivity contribution in [3.8, 4) is 11.3 Å². The van der Waals surface area contributed by atoms with Crippen molar-refractivity contribution in [1.82, 2.24) is 5.32 Å². The van der Waals surface area contributed by atoms with Crippen molar-refractivity contribution >= 4 is 30.0 Å². The van der Waals surface area contributed by atoms with Crippen molar-refractivity contribution in [2.45, 2.75) is 6.54 Å². The Morgan fingerprint density at radius 1 is 1.25 bits per heavy atom. The summed E-state index contributed by atoms with van der Waals surface area (Å²) in [6, 6.07) is 8.04. The second-order valence-corrected chi connectivity index (χ2v) is 5.19. The first-order valence-corrected chi connectivity index (χ1v) is 7.51. The van der Waals surface area contributed by atoms with Gasteiger partial charge >= 0.3 is 5.97 Å². The van der Waals surface area contributed by atoms with Gasteiger partial charge in [0.1, 0.15) is 11.5 Å². The van der Waals surface area contributed by atoms with Gasteiger partial charge in [0.25, 0.3) is 0 Å². The Morgan fingerprint density at radius 3 is 2.75 bits per heavy atom. The van der Waals surface area contributed by atoms with Crippen LogP contribution < -0.4 is 5.32 Å². The summed E-state index contributed by atoms with van der Waals surface area (Å²) in [5, 5.41) is 21.2. The number of aliphatic hydroxyl groups excluding tert-OH is 1. The van der Waals surface area contributed by atoms with Crippen LogP contribution in [0.25, 0.3) is 11.3 Å². The van der Waals surface area contributed by atoms with E-state index in [-0.39, 0.29) is 24.6 Å². The lowest BCUT2D eigenvalue weighted by Crippen LogP contribution is -2.19. The third kappa shape index (κ3) is 5.81. The molecule has 2 rings (SSSR count). The molecular formula is C16H19Cl2NO5. The van der Waals surface area contributed by atoms with Gasteiger partial charge in [0.15, 0.2) is 0 Å². The number of furan rings is 1. The highest BCUT2D eigenvalue weighted by Gasteiger charge is 2.12. The fraction of sp³-hybridized carbons (Fsp3) is 0.312. The Balaban J connectivity index is 0.00000288. The van der Waals surface area contributed by atoms with E-state index in [4.69, 9.17) is 31.0 Å². The van der Waals surface area contributed by atoms with Crippen LogP contribution in [0, 0.1) is 0 Å². The number of carboxylic acid groups (broad SMARTS) is 1. The van der Waals surface area contributed by atoms with Crippen molar-refractivity contribution in [2.75, 3.05) is 26.4 Å². The first-order valence-electron chi connectivity index (χ1n) is 7.13. The number of carbonyl (C=O) groups is 1. The summed E-state index contributed by atoms with van der Waals surface area (Å²) in [5.41, 5.74) is 0.700. The van der Waals surface area contributed by atoms with Crippen LogP contribution >= 0.6 is 24.0 Å². The van der Waals surface area contributed by atoms with Crippen LogP contribution in [0.3, 0.4) is 0 Å². The number of halogens is 2. The van der Waals surface area contributed by atoms with E-state index in [2.05, 4.69) is 5.32 Å². The number of hydrogen-bond donors (Lipinski definition) is 3. The summed E-state index contributed by atoms with van der Waals surface area (Å²) in [6.07, 6.45) is 0. The summed E-state index contributed by atoms with van der Waals surface area (Å²) < 4.78 is 10.8. The monoisotopic (exact) mass is 375 g/mol. The molecule has 2 aromatic rings. The predicted octanol–water partition coefficient (Wildman–Crippen LogP) is 2.82. The van der Waals surface area contributed by atoms with Gasteiger partial charge in [-0.25, -0.2) is 4.79 Å². The minimum atomic E-state index is -1.01. The molecule has 0 spiro atoms. The lowest BCUT2D eigenvalue weighted by atomic mass is 10.1. The van der Waals surface area contributed by atoms with E-state index in [0.29, 0.717) is 48.4 Å². The van der Waals surface area contributed by atoms with Crippen molar-refractivity contribution in [1.29, 1.82) is 0 Å². The molecule has 0 aliphatic carbocycles. The van der Waals surface area contributed by atoms with Gasteiger partial charge in [0.2, 0.25) is 0 Å². The van der Waals surface area contributed by atoms with Crippen LogP contribution in [0.5, 0.6) is 0 Å². The highest BCUT2D eigenvalue weighted by Crippen LogP contribution is 2.30. The van der Waals surface area contributed by atoms with Gasteiger partial charge in [0.05, 0.1) is 37.0 Å². The molecule has 1 aromatic carbocycles. The summed E-state index contributed by atoms with van der Waals surface area (Å²) in [5.74, 6) is 0.213. The number of aliphatic hydroxyl groups is 1. The maximum absolute atomic E-state index is 11.0. The van der Waals surface area contributed by atoms with E-state index < -0.39 is 5.97 Å². The zero-order chi connectivity index (χ0) is 16.7. The summed E-state index contributed by atoms with van der Waals surface area (Å²) in [6.45, 7) is 1.98. The molecular weight excluding hydrogens is 357 g/mol. The Labute approximate surface area is 150 Å². The Hall–Kier alpha value is -1.57. The number of ether oxygens (including phenoxy) is 1. The second kappa shape index (κ2) is 10.3. The Morgan fingerprint density at radius 2 is 2.04 bits per heavy atom. The first-order chi connectivity index (χ1) is 11.1. The van der Waals surface area contributed by atoms with E-state index in [1.807, 2.05) is 0 Å². The van der Waals surface area contributed by atoms with E-state index in [1.165, 1.54) is 12.1 Å². The molecule has 0 radical (unpaired) electrons. The number of hydrogen-bond acceptors (Lipinski definition) is 5. The Kier molecular flexibility index (Phi) is 8.81. The molecule has 1 heterocycles. The fourth-order valence-electron chi connectivity index (χ4n) is 1.99. The molecule has 0 fully saturated rings. The molecule has 0 unspecified atom stereocenters. The molecule has 132 valence electrons. The van der Waals surface area contributed by atoms with Crippen molar-refractivity contribution in [3.63, 3.8) is 0 Å². The number of carboxylic acids is 1. The average molecular weight is 376 g/mol. The lowest BCUT2D eigenvalue weighted by molar-refractivity contribution is 0.0697. The molecule has 0 bridgehead atoms. The number of nitrogens with one attached hydrogen (secondary N) is 1. The van der Waals surface area contributed by atoms with Crippen molar-refractivity contribution in [2.24, 2.45) is 0 Å². The highest BCUT2D eigenvalue weighted by atomic mass is 35.5. The predicted molar refractivity (Wildman–Crippen MR) is 93.0 cm³/mol. The molecule has 1 aromatic heterocycles. The lowest BCUT2D eigenvalue weighted by Gasteiger charge is -2.04. The van der Waals surface area contributed by atoms with Gasteiger partial charge in [-0.2, -0.15) is 0 Å². The van der Waals surface area contributed by atoms with Gasteiger partial charge in [-0.3, -0.25) is 0 Å². The summed E-state index contributed by atoms with van der Waals surface area (Å²) in [7, 11) is 0. The SMILES string of the molecule is Cl.O=C(O)c1ccc(Cl)c(-c2ccc(CNCCOCCO)o2)c1. The zero-order valence-corrected chi connectivity index (χ0v) is 14.4. The van der Waals surface area contributed by atoms with Gasteiger partial charge < -0.3 is 24.7 Å². The molecule has 6 nitrogen and oxygen atoms in total. The largest absolute Gasteiger partial charge is 0.478 e. The fourth-order valence-corrected chi connectivity index (χ4v) is 2.20. The van der Waals surface area contributed by atoms with Crippen LogP contribution in [-0.4, -0.2) is 42.5 Å². The molecule has 0 amide bonds. The molecule has 0 saturated carbocycles. The van der Waals surface area contributed by atoms with Crippen LogP contribution in [-0.2, 0) is 11.3 Å². The minimum absolute atomic E-state index is 0. The van der Waals surface area contributed by atoms with Gasteiger partial charge in [0, 0.05) is 12.1 Å². The zero-order valence-electron chi connectivity index (χ0n) is 12.8. The van der Waals surface area contributed by atoms with Crippen molar-refractivity contribution < 1.29 is 24.2 Å². The van der Waals surface area contributed by atoms with E-state index in [1.54, 1.807) is 18.2 Å². The maximum atomic E-state index is 11.0. The van der Waals surface area contributed by atoms with Crippen molar-refractivity contribution in [3.05, 3.63) is 46.7 Å². The minimum Gasteiger partial charge on any atom is -0.478 e. The van der Waals surface area contributed by atoms with Crippen LogP contribution in [0.15, 0.2) is 34.7 Å². The third-order valence-electron chi connectivity index (χ3n) is 3.10. The van der Waals surface area contributed by atoms with Gasteiger partial charge in [-0.05, 0) is 30.3 Å². The van der Waals surface area contributed by atoms with Gasteiger partial charge in [-0.1, -0.05) is 11.6 Å². The average Bonchev–Trinajstić information content (AvgIpc) is 2.99. The quantitative estimate of drug-likeness (QED) is 0.583. The smallest absolute Gasteiger partial charge is 0.335 e. The number of rotatable bonds is 9. The molecule has 0 aliphatic heterocycles. The van der Waals surface area contributed by atoms with E-state index in [0.717, 1.165) is 0 Å². The van der Waals surface area contributed by atoms with E-state index >= 15 is 0 Å². The molecule has 8 heteroatoms. The highest BCUT2D eigenvalue weighted by molar-refractivity contribution is 6.33. The van der Waals surface area contributed by atoms with E-state index in [9.17, 15) is 4.79 Å². The normalized spacial score (nSPS) is 10.4. The molecule has 24 heavy (non-hydrogen) atoms. The molecule has 0 aliphatic rings.